The van der Waals surface area contributed by atoms with E-state index < -0.39 is 58.9 Å². The summed E-state index contributed by atoms with van der Waals surface area (Å²) >= 11 is 0. The lowest BCUT2D eigenvalue weighted by Crippen LogP contribution is -2.41. The summed E-state index contributed by atoms with van der Waals surface area (Å²) in [6, 6.07) is 9.82. The average molecular weight is 885 g/mol. The van der Waals surface area contributed by atoms with Crippen LogP contribution in [0.2, 0.25) is 0 Å². The summed E-state index contributed by atoms with van der Waals surface area (Å²) in [4.78, 5) is 117. The largest absolute Gasteiger partial charge is 0.481 e. The first-order valence-electron chi connectivity index (χ1n) is 18.9. The number of nitrogens with zero attached hydrogens (tertiary/aromatic N) is 5. The van der Waals surface area contributed by atoms with Crippen LogP contribution in [0.3, 0.4) is 0 Å². The van der Waals surface area contributed by atoms with Crippen molar-refractivity contribution in [3.05, 3.63) is 92.3 Å². The van der Waals surface area contributed by atoms with Crippen molar-refractivity contribution in [2.24, 2.45) is 4.99 Å². The number of nitrogens with one attached hydrogen (secondary N) is 7. The summed E-state index contributed by atoms with van der Waals surface area (Å²) in [5, 5.41) is 49.4. The second-order valence-corrected chi connectivity index (χ2v) is 13.6. The molecule has 0 aliphatic carbocycles. The Bertz CT molecular complexity index is 2720. The van der Waals surface area contributed by atoms with Crippen LogP contribution in [0, 0.1) is 0 Å². The molecule has 2 atom stereocenters. The fraction of sp³-hybridized carbons (Fsp3) is 0.237. The molecule has 1 aliphatic rings. The quantitative estimate of drug-likeness (QED) is 0.0549. The van der Waals surface area contributed by atoms with Crippen molar-refractivity contribution in [2.75, 3.05) is 40.5 Å². The number of hydrogen-bond donors (Lipinski definition) is 13. The van der Waals surface area contributed by atoms with E-state index in [1.165, 1.54) is 30.5 Å². The Morgan fingerprint density at radius 1 is 0.672 bits per heavy atom. The lowest BCUT2D eigenvalue weighted by atomic mass is 10.1. The van der Waals surface area contributed by atoms with Gasteiger partial charge in [-0.1, -0.05) is 0 Å². The molecule has 1 aliphatic heterocycles. The summed E-state index contributed by atoms with van der Waals surface area (Å²) in [6.07, 6.45) is 0.242. The first kappa shape index (κ1) is 46.1. The van der Waals surface area contributed by atoms with E-state index in [1.807, 2.05) is 0 Å². The van der Waals surface area contributed by atoms with Gasteiger partial charge in [0, 0.05) is 35.3 Å². The number of fused-ring (bicyclic) bond motifs is 2. The van der Waals surface area contributed by atoms with Crippen molar-refractivity contribution in [3.63, 3.8) is 0 Å². The van der Waals surface area contributed by atoms with Gasteiger partial charge in [-0.15, -0.1) is 0 Å². The molecular formula is C38H40N14O12. The van der Waals surface area contributed by atoms with Gasteiger partial charge in [0.1, 0.15) is 12.1 Å². The summed E-state index contributed by atoms with van der Waals surface area (Å²) in [7, 11) is 0. The molecular weight excluding hydrogens is 845 g/mol. The molecule has 0 fully saturated rings. The first-order valence-corrected chi connectivity index (χ1v) is 18.9. The fourth-order valence-corrected chi connectivity index (χ4v) is 5.66. The molecule has 0 radical (unpaired) electrons. The van der Waals surface area contributed by atoms with E-state index in [0.29, 0.717) is 41.7 Å². The maximum atomic E-state index is 12.3. The molecule has 2 aromatic carbocycles. The van der Waals surface area contributed by atoms with Gasteiger partial charge in [-0.2, -0.15) is 9.97 Å². The predicted molar refractivity (Wildman–Crippen MR) is 227 cm³/mol. The first-order chi connectivity index (χ1) is 30.4. The minimum Gasteiger partial charge on any atom is -0.481 e. The number of amides is 2. The van der Waals surface area contributed by atoms with E-state index >= 15 is 0 Å². The molecule has 4 heterocycles. The topological polar surface area (TPSA) is 425 Å². The minimum atomic E-state index is -1.31. The summed E-state index contributed by atoms with van der Waals surface area (Å²) < 4.78 is 0. The van der Waals surface area contributed by atoms with Crippen molar-refractivity contribution in [2.45, 2.75) is 44.3 Å². The number of aromatic amines is 2. The molecule has 26 heteroatoms. The minimum absolute atomic E-state index is 0.00119. The number of aromatic nitrogens is 6. The third-order valence-corrected chi connectivity index (χ3v) is 8.89. The number of aliphatic imine (C=N–C) groups is 1. The van der Waals surface area contributed by atoms with Crippen LogP contribution in [0.5, 0.6) is 0 Å². The highest BCUT2D eigenvalue weighted by Crippen LogP contribution is 2.22. The van der Waals surface area contributed by atoms with Crippen molar-refractivity contribution in [1.29, 1.82) is 0 Å². The maximum Gasteiger partial charge on any atom is 0.326 e. The average Bonchev–Trinajstić information content (AvgIpc) is 3.25. The Hall–Kier alpha value is -8.97. The summed E-state index contributed by atoms with van der Waals surface area (Å²) in [5.41, 5.74) is 13.2. The highest BCUT2D eigenvalue weighted by Gasteiger charge is 2.23. The monoisotopic (exact) mass is 884 g/mol. The normalized spacial score (nSPS) is 12.4. The van der Waals surface area contributed by atoms with Gasteiger partial charge in [0.25, 0.3) is 22.9 Å². The maximum absolute atomic E-state index is 12.3. The third-order valence-electron chi connectivity index (χ3n) is 8.89. The van der Waals surface area contributed by atoms with E-state index in [0.717, 1.165) is 0 Å². The zero-order valence-corrected chi connectivity index (χ0v) is 33.2. The number of rotatable bonds is 18. The molecule has 0 spiro atoms. The highest BCUT2D eigenvalue weighted by atomic mass is 16.4. The zero-order valence-electron chi connectivity index (χ0n) is 33.2. The molecule has 2 unspecified atom stereocenters. The van der Waals surface area contributed by atoms with Gasteiger partial charge in [-0.25, -0.2) is 24.5 Å². The molecule has 5 aromatic rings. The number of H-pyrrole nitrogens is 2. The lowest BCUT2D eigenvalue weighted by Gasteiger charge is -2.17. The van der Waals surface area contributed by atoms with Crippen LogP contribution in [-0.4, -0.2) is 117 Å². The Balaban J connectivity index is 0.000000241. The molecule has 26 nitrogen and oxygen atoms in total. The standard InChI is InChI=1S/C19H21N7O6.C19H19N7O6/c2*20-19-25-15-14(17(30)26-19)23-11(8-22-15)7-21-10-3-1-9(2-4-10)16(29)24-12(18(31)32)5-6-13(27)28/h1-4,12,21H,5-8H2,(H,24,29)(H,27,28)(H,31,32)(H4,20,22,25,26,30);1-4,8,12,21H,5-7H2,(H,24,29)(H,27,28)(H,31,32)(H3,20,22,25,26,30). The van der Waals surface area contributed by atoms with Crippen molar-refractivity contribution in [1.82, 2.24) is 40.5 Å². The lowest BCUT2D eigenvalue weighted by molar-refractivity contribution is -0.142. The molecule has 334 valence electrons. The van der Waals surface area contributed by atoms with Crippen LogP contribution >= 0.6 is 0 Å². The van der Waals surface area contributed by atoms with E-state index in [9.17, 15) is 38.4 Å². The van der Waals surface area contributed by atoms with Crippen LogP contribution in [0.15, 0.2) is 69.3 Å². The van der Waals surface area contributed by atoms with Crippen LogP contribution in [0.25, 0.3) is 11.2 Å². The number of nitrogen functional groups attached to an aromatic ring is 2. The van der Waals surface area contributed by atoms with Gasteiger partial charge >= 0.3 is 23.9 Å². The number of carbonyl (C=O) groups is 6. The number of carbonyl (C=O) groups excluding carboxylic acids is 2. The number of carboxylic acid groups (broad SMARTS) is 4. The number of carboxylic acids is 4. The third kappa shape index (κ3) is 13.0. The Morgan fingerprint density at radius 2 is 1.17 bits per heavy atom. The molecule has 0 saturated carbocycles. The van der Waals surface area contributed by atoms with Crippen LogP contribution in [0.4, 0.5) is 34.8 Å². The second kappa shape index (κ2) is 21.0. The number of benzene rings is 2. The Labute approximate surface area is 358 Å². The highest BCUT2D eigenvalue weighted by molar-refractivity contribution is 5.99. The van der Waals surface area contributed by atoms with E-state index in [-0.39, 0.29) is 72.1 Å². The van der Waals surface area contributed by atoms with Gasteiger partial charge in [-0.05, 0) is 61.4 Å². The second-order valence-electron chi connectivity index (χ2n) is 13.6. The van der Waals surface area contributed by atoms with Crippen molar-refractivity contribution >= 4 is 87.3 Å². The fourth-order valence-electron chi connectivity index (χ4n) is 5.66. The summed E-state index contributed by atoms with van der Waals surface area (Å²) in [6.45, 7) is 0.913. The number of nitrogens with two attached hydrogens (primary N) is 2. The molecule has 15 N–H and O–H groups in total. The number of anilines is 5. The van der Waals surface area contributed by atoms with Crippen LogP contribution in [-0.2, 0) is 25.7 Å². The van der Waals surface area contributed by atoms with Gasteiger partial charge in [0.2, 0.25) is 11.9 Å². The number of hydrogen-bond acceptors (Lipinski definition) is 18. The van der Waals surface area contributed by atoms with Gasteiger partial charge in [0.15, 0.2) is 22.7 Å². The van der Waals surface area contributed by atoms with E-state index in [1.54, 1.807) is 24.3 Å². The smallest absolute Gasteiger partial charge is 0.326 e. The summed E-state index contributed by atoms with van der Waals surface area (Å²) in [5.74, 6) is -5.92. The SMILES string of the molecule is Nc1nc2c(c(=O)[nH]1)N=C(CNc1ccc(C(=O)NC(CCC(=O)O)C(=O)O)cc1)CN2.Nc1nc2ncc(CNc3ccc(C(=O)NC(CCC(=O)O)C(=O)O)cc3)nc2c(=O)[nH]1. The predicted octanol–water partition coefficient (Wildman–Crippen LogP) is -0.0348. The zero-order chi connectivity index (χ0) is 46.5. The Morgan fingerprint density at radius 3 is 1.69 bits per heavy atom. The molecule has 0 bridgehead atoms. The van der Waals surface area contributed by atoms with Crippen LogP contribution in [0.1, 0.15) is 52.1 Å². The van der Waals surface area contributed by atoms with Gasteiger partial charge in [-0.3, -0.25) is 38.7 Å². The molecule has 3 aromatic heterocycles. The van der Waals surface area contributed by atoms with E-state index in [2.05, 4.69) is 61.5 Å². The molecule has 64 heavy (non-hydrogen) atoms. The molecule has 0 saturated heterocycles. The van der Waals surface area contributed by atoms with Crippen LogP contribution < -0.4 is 49.2 Å². The van der Waals surface area contributed by atoms with Crippen molar-refractivity contribution in [3.8, 4) is 0 Å². The van der Waals surface area contributed by atoms with Crippen molar-refractivity contribution < 1.29 is 49.2 Å². The molecule has 6 rings (SSSR count). The van der Waals surface area contributed by atoms with Gasteiger partial charge in [0.05, 0.1) is 37.2 Å². The van der Waals surface area contributed by atoms with E-state index in [4.69, 9.17) is 31.9 Å². The Kier molecular flexibility index (Phi) is 15.1. The number of aliphatic carboxylic acids is 4. The molecule has 2 amide bonds. The van der Waals surface area contributed by atoms with Gasteiger partial charge < -0.3 is 58.5 Å².